The summed E-state index contributed by atoms with van der Waals surface area (Å²) in [5.74, 6) is 0.935. The lowest BCUT2D eigenvalue weighted by Crippen LogP contribution is -2.24. The molecule has 0 radical (unpaired) electrons. The van der Waals surface area contributed by atoms with Gasteiger partial charge in [-0.25, -0.2) is 18.1 Å². The van der Waals surface area contributed by atoms with Gasteiger partial charge in [0.1, 0.15) is 5.82 Å². The molecule has 0 unspecified atom stereocenters. The van der Waals surface area contributed by atoms with E-state index >= 15 is 0 Å². The number of imidazole rings is 1. The zero-order valence-electron chi connectivity index (χ0n) is 17.0. The summed E-state index contributed by atoms with van der Waals surface area (Å²) >= 11 is 6.00. The molecular formula is C22H28ClN3O2S. The van der Waals surface area contributed by atoms with Crippen molar-refractivity contribution in [3.63, 3.8) is 0 Å². The lowest BCUT2D eigenvalue weighted by molar-refractivity contribution is 0.578. The maximum Gasteiger partial charge on any atom is 0.240 e. The number of fused-ring (bicyclic) bond motifs is 1. The monoisotopic (exact) mass is 433 g/mol. The first-order valence-electron chi connectivity index (χ1n) is 10.2. The molecule has 0 atom stereocenters. The standard InChI is InChI=1S/C22H28ClN3O2S/c1-3-5-13-24-29(27,28)19-11-12-21-20(16-19)25-22(26(21)14-6-4-2)15-17-7-9-18(23)10-8-17/h7-12,16,24H,3-6,13-15H2,1-2H3. The van der Waals surface area contributed by atoms with Crippen molar-refractivity contribution in [3.8, 4) is 0 Å². The van der Waals surface area contributed by atoms with Crippen molar-refractivity contribution >= 4 is 32.7 Å². The number of unbranched alkanes of at least 4 members (excludes halogenated alkanes) is 2. The van der Waals surface area contributed by atoms with E-state index in [2.05, 4.69) is 16.2 Å². The fraction of sp³-hybridized carbons (Fsp3) is 0.409. The molecule has 0 aliphatic carbocycles. The molecule has 156 valence electrons. The number of halogens is 1. The van der Waals surface area contributed by atoms with Gasteiger partial charge in [0.05, 0.1) is 15.9 Å². The fourth-order valence-corrected chi connectivity index (χ4v) is 4.50. The SMILES string of the molecule is CCCCNS(=O)(=O)c1ccc2c(c1)nc(Cc1ccc(Cl)cc1)n2CCCC. The van der Waals surface area contributed by atoms with Gasteiger partial charge >= 0.3 is 0 Å². The van der Waals surface area contributed by atoms with Crippen LogP contribution in [0.4, 0.5) is 0 Å². The molecule has 0 amide bonds. The molecule has 0 fully saturated rings. The molecule has 0 spiro atoms. The average molecular weight is 434 g/mol. The normalized spacial score (nSPS) is 12.0. The summed E-state index contributed by atoms with van der Waals surface area (Å²) in [6.45, 7) is 5.50. The molecule has 29 heavy (non-hydrogen) atoms. The van der Waals surface area contributed by atoms with Crippen molar-refractivity contribution in [2.24, 2.45) is 0 Å². The number of rotatable bonds is 10. The Morgan fingerprint density at radius 2 is 1.76 bits per heavy atom. The second-order valence-corrected chi connectivity index (χ2v) is 9.44. The molecular weight excluding hydrogens is 406 g/mol. The first-order valence-corrected chi connectivity index (χ1v) is 12.0. The summed E-state index contributed by atoms with van der Waals surface area (Å²) in [6.07, 6.45) is 4.55. The van der Waals surface area contributed by atoms with Gasteiger partial charge in [0, 0.05) is 24.5 Å². The van der Waals surface area contributed by atoms with Crippen LogP contribution in [0.1, 0.15) is 50.9 Å². The zero-order valence-corrected chi connectivity index (χ0v) is 18.6. The predicted octanol–water partition coefficient (Wildman–Crippen LogP) is 5.16. The van der Waals surface area contributed by atoms with Gasteiger partial charge in [0.2, 0.25) is 10.0 Å². The molecule has 1 N–H and O–H groups in total. The van der Waals surface area contributed by atoms with Crippen molar-refractivity contribution in [1.82, 2.24) is 14.3 Å². The Kier molecular flexibility index (Phi) is 7.33. The van der Waals surface area contributed by atoms with Gasteiger partial charge in [-0.2, -0.15) is 0 Å². The fourth-order valence-electron chi connectivity index (χ4n) is 3.28. The van der Waals surface area contributed by atoms with E-state index in [0.29, 0.717) is 23.5 Å². The molecule has 7 heteroatoms. The van der Waals surface area contributed by atoms with Crippen LogP contribution >= 0.6 is 11.6 Å². The van der Waals surface area contributed by atoms with E-state index in [4.69, 9.17) is 16.6 Å². The maximum absolute atomic E-state index is 12.6. The number of nitrogens with zero attached hydrogens (tertiary/aromatic N) is 2. The lowest BCUT2D eigenvalue weighted by atomic mass is 10.1. The molecule has 5 nitrogen and oxygen atoms in total. The quantitative estimate of drug-likeness (QED) is 0.449. The molecule has 2 aromatic carbocycles. The number of hydrogen-bond donors (Lipinski definition) is 1. The Hall–Kier alpha value is -1.89. The molecule has 0 saturated carbocycles. The van der Waals surface area contributed by atoms with Gasteiger partial charge in [-0.3, -0.25) is 0 Å². The summed E-state index contributed by atoms with van der Waals surface area (Å²) < 4.78 is 30.0. The van der Waals surface area contributed by atoms with E-state index in [-0.39, 0.29) is 4.90 Å². The van der Waals surface area contributed by atoms with Crippen LogP contribution in [-0.2, 0) is 23.0 Å². The minimum atomic E-state index is -3.52. The first kappa shape index (κ1) is 21.8. The molecule has 1 heterocycles. The highest BCUT2D eigenvalue weighted by Gasteiger charge is 2.17. The van der Waals surface area contributed by atoms with Crippen LogP contribution in [0.25, 0.3) is 11.0 Å². The third-order valence-corrected chi connectivity index (χ3v) is 6.65. The number of aromatic nitrogens is 2. The highest BCUT2D eigenvalue weighted by Crippen LogP contribution is 2.23. The summed E-state index contributed by atoms with van der Waals surface area (Å²) in [7, 11) is -3.52. The summed E-state index contributed by atoms with van der Waals surface area (Å²) in [4.78, 5) is 5.05. The van der Waals surface area contributed by atoms with Gasteiger partial charge in [-0.15, -0.1) is 0 Å². The van der Waals surface area contributed by atoms with Gasteiger partial charge in [0.15, 0.2) is 0 Å². The number of sulfonamides is 1. The third-order valence-electron chi connectivity index (χ3n) is 4.94. The number of aryl methyl sites for hydroxylation is 1. The van der Waals surface area contributed by atoms with Crippen LogP contribution in [0.3, 0.4) is 0 Å². The van der Waals surface area contributed by atoms with Crippen molar-refractivity contribution < 1.29 is 8.42 Å². The van der Waals surface area contributed by atoms with Crippen LogP contribution in [0.5, 0.6) is 0 Å². The van der Waals surface area contributed by atoms with Crippen LogP contribution in [0, 0.1) is 0 Å². The molecule has 3 aromatic rings. The van der Waals surface area contributed by atoms with E-state index < -0.39 is 10.0 Å². The molecule has 3 rings (SSSR count). The van der Waals surface area contributed by atoms with Crippen LogP contribution in [-0.4, -0.2) is 24.5 Å². The Morgan fingerprint density at radius 1 is 1.03 bits per heavy atom. The minimum absolute atomic E-state index is 0.263. The second-order valence-electron chi connectivity index (χ2n) is 7.24. The molecule has 0 aliphatic heterocycles. The summed E-state index contributed by atoms with van der Waals surface area (Å²) in [6, 6.07) is 13.0. The van der Waals surface area contributed by atoms with Crippen LogP contribution < -0.4 is 4.72 Å². The smallest absolute Gasteiger partial charge is 0.240 e. The van der Waals surface area contributed by atoms with Gasteiger partial charge in [-0.1, -0.05) is 50.4 Å². The van der Waals surface area contributed by atoms with E-state index in [1.807, 2.05) is 37.3 Å². The van der Waals surface area contributed by atoms with Crippen molar-refractivity contribution in [2.75, 3.05) is 6.54 Å². The van der Waals surface area contributed by atoms with Gasteiger partial charge in [0.25, 0.3) is 0 Å². The van der Waals surface area contributed by atoms with E-state index in [0.717, 1.165) is 49.1 Å². The van der Waals surface area contributed by atoms with Crippen molar-refractivity contribution in [2.45, 2.75) is 57.4 Å². The van der Waals surface area contributed by atoms with Crippen molar-refractivity contribution in [1.29, 1.82) is 0 Å². The number of benzene rings is 2. The number of nitrogens with one attached hydrogen (secondary N) is 1. The minimum Gasteiger partial charge on any atom is -0.328 e. The molecule has 0 saturated heterocycles. The van der Waals surface area contributed by atoms with Crippen molar-refractivity contribution in [3.05, 3.63) is 58.9 Å². The Balaban J connectivity index is 1.96. The lowest BCUT2D eigenvalue weighted by Gasteiger charge is -2.09. The Morgan fingerprint density at radius 3 is 2.45 bits per heavy atom. The highest BCUT2D eigenvalue weighted by atomic mass is 35.5. The number of hydrogen-bond acceptors (Lipinski definition) is 3. The molecule has 0 bridgehead atoms. The summed E-state index contributed by atoms with van der Waals surface area (Å²) in [5.41, 5.74) is 2.80. The van der Waals surface area contributed by atoms with E-state index in [1.165, 1.54) is 0 Å². The van der Waals surface area contributed by atoms with Gasteiger partial charge in [-0.05, 0) is 48.7 Å². The topological polar surface area (TPSA) is 64.0 Å². The second kappa shape index (κ2) is 9.74. The maximum atomic E-state index is 12.6. The molecule has 0 aliphatic rings. The zero-order chi connectivity index (χ0) is 20.9. The van der Waals surface area contributed by atoms with E-state index in [1.54, 1.807) is 12.1 Å². The Bertz CT molecular complexity index is 1060. The van der Waals surface area contributed by atoms with Crippen LogP contribution in [0.2, 0.25) is 5.02 Å². The third kappa shape index (κ3) is 5.38. The molecule has 1 aromatic heterocycles. The van der Waals surface area contributed by atoms with Crippen LogP contribution in [0.15, 0.2) is 47.4 Å². The highest BCUT2D eigenvalue weighted by molar-refractivity contribution is 7.89. The predicted molar refractivity (Wildman–Crippen MR) is 119 cm³/mol. The largest absolute Gasteiger partial charge is 0.328 e. The van der Waals surface area contributed by atoms with Gasteiger partial charge < -0.3 is 4.57 Å². The van der Waals surface area contributed by atoms with E-state index in [9.17, 15) is 8.42 Å². The average Bonchev–Trinajstić information content (AvgIpc) is 3.04. The first-order chi connectivity index (χ1) is 13.9. The Labute approximate surface area is 178 Å². The summed E-state index contributed by atoms with van der Waals surface area (Å²) in [5, 5.41) is 0.707.